The molecule has 0 saturated heterocycles. The van der Waals surface area contributed by atoms with E-state index in [2.05, 4.69) is 0 Å². The van der Waals surface area contributed by atoms with Crippen LogP contribution in [0.5, 0.6) is 11.5 Å². The van der Waals surface area contributed by atoms with E-state index >= 15 is 0 Å². The minimum absolute atomic E-state index is 0.0150. The summed E-state index contributed by atoms with van der Waals surface area (Å²) in [6.07, 6.45) is 0. The number of non-ortho nitro benzene ring substituents is 1. The number of hydrogen-bond donors (Lipinski definition) is 0. The van der Waals surface area contributed by atoms with Crippen molar-refractivity contribution in [3.8, 4) is 11.5 Å². The van der Waals surface area contributed by atoms with E-state index in [9.17, 15) is 19.3 Å². The summed E-state index contributed by atoms with van der Waals surface area (Å²) in [5.74, 6) is -1.07. The van der Waals surface area contributed by atoms with Crippen molar-refractivity contribution in [2.45, 2.75) is 13.2 Å². The number of esters is 1. The Hall–Kier alpha value is -3.20. The Morgan fingerprint density at radius 1 is 1.35 bits per heavy atom. The minimum atomic E-state index is -0.905. The molecule has 1 aliphatic rings. The highest BCUT2D eigenvalue weighted by Gasteiger charge is 2.22. The highest BCUT2D eigenvalue weighted by molar-refractivity contribution is 5.89. The summed E-state index contributed by atoms with van der Waals surface area (Å²) in [7, 11) is 1.38. The van der Waals surface area contributed by atoms with Gasteiger partial charge in [0.25, 0.3) is 5.69 Å². The predicted molar refractivity (Wildman–Crippen MR) is 85.5 cm³/mol. The number of methoxy groups -OCH3 is 1. The molecule has 26 heavy (non-hydrogen) atoms. The second-order valence-electron chi connectivity index (χ2n) is 5.38. The first-order valence-corrected chi connectivity index (χ1v) is 7.51. The first-order valence-electron chi connectivity index (χ1n) is 7.51. The van der Waals surface area contributed by atoms with E-state index in [4.69, 9.17) is 18.9 Å². The molecule has 0 fully saturated rings. The largest absolute Gasteiger partial charge is 0.497 e. The molecule has 8 nitrogen and oxygen atoms in total. The molecule has 0 saturated carbocycles. The van der Waals surface area contributed by atoms with Crippen LogP contribution in [-0.4, -0.2) is 24.8 Å². The lowest BCUT2D eigenvalue weighted by molar-refractivity contribution is -0.385. The number of halogens is 1. The first kappa shape index (κ1) is 17.6. The summed E-state index contributed by atoms with van der Waals surface area (Å²) >= 11 is 0. The molecule has 9 heteroatoms. The quantitative estimate of drug-likeness (QED) is 0.458. The molecule has 1 aliphatic heterocycles. The minimum Gasteiger partial charge on any atom is -0.497 e. The number of carbonyl (C=O) groups excluding carboxylic acids is 1. The van der Waals surface area contributed by atoms with Gasteiger partial charge in [0.15, 0.2) is 6.79 Å². The fourth-order valence-electron chi connectivity index (χ4n) is 2.50. The van der Waals surface area contributed by atoms with Crippen molar-refractivity contribution in [3.63, 3.8) is 0 Å². The Morgan fingerprint density at radius 3 is 2.85 bits per heavy atom. The highest BCUT2D eigenvalue weighted by atomic mass is 19.1. The molecule has 2 aromatic carbocycles. The van der Waals surface area contributed by atoms with Crippen LogP contribution in [0.4, 0.5) is 10.1 Å². The van der Waals surface area contributed by atoms with Crippen molar-refractivity contribution < 1.29 is 33.1 Å². The molecule has 0 unspecified atom stereocenters. The van der Waals surface area contributed by atoms with Crippen molar-refractivity contribution in [1.29, 1.82) is 0 Å². The molecule has 0 aromatic heterocycles. The Kier molecular flexibility index (Phi) is 4.99. The third-order valence-electron chi connectivity index (χ3n) is 3.74. The Bertz CT molecular complexity index is 868. The van der Waals surface area contributed by atoms with Crippen molar-refractivity contribution in [2.75, 3.05) is 13.9 Å². The molecule has 1 heterocycles. The van der Waals surface area contributed by atoms with Gasteiger partial charge in [0, 0.05) is 29.3 Å². The lowest BCUT2D eigenvalue weighted by atomic mass is 10.1. The summed E-state index contributed by atoms with van der Waals surface area (Å²) < 4.78 is 34.4. The normalized spacial score (nSPS) is 12.7. The average molecular weight is 363 g/mol. The van der Waals surface area contributed by atoms with Crippen LogP contribution in [0, 0.1) is 15.9 Å². The van der Waals surface area contributed by atoms with E-state index in [1.807, 2.05) is 0 Å². The summed E-state index contributed by atoms with van der Waals surface area (Å²) in [5, 5.41) is 11.1. The lowest BCUT2D eigenvalue weighted by Gasteiger charge is -2.20. The number of hydrogen-bond acceptors (Lipinski definition) is 7. The maximum absolute atomic E-state index is 13.9. The summed E-state index contributed by atoms with van der Waals surface area (Å²) in [6.45, 7) is -0.182. The Morgan fingerprint density at radius 2 is 2.15 bits per heavy atom. The molecular weight excluding hydrogens is 349 g/mol. The topological polar surface area (TPSA) is 97.1 Å². The second-order valence-corrected chi connectivity index (χ2v) is 5.38. The number of rotatable bonds is 5. The van der Waals surface area contributed by atoms with E-state index in [1.165, 1.54) is 31.4 Å². The second kappa shape index (κ2) is 7.36. The van der Waals surface area contributed by atoms with Crippen LogP contribution in [0.3, 0.4) is 0 Å². The van der Waals surface area contributed by atoms with E-state index < -0.39 is 16.7 Å². The van der Waals surface area contributed by atoms with Gasteiger partial charge in [-0.1, -0.05) is 0 Å². The van der Waals surface area contributed by atoms with Crippen molar-refractivity contribution >= 4 is 11.7 Å². The Labute approximate surface area is 147 Å². The molecular formula is C17H14FNO7. The van der Waals surface area contributed by atoms with Crippen LogP contribution in [-0.2, 0) is 22.7 Å². The van der Waals surface area contributed by atoms with Crippen LogP contribution in [0.2, 0.25) is 0 Å². The summed E-state index contributed by atoms with van der Waals surface area (Å²) in [5.41, 5.74) is 0.334. The number of ether oxygens (including phenoxy) is 4. The molecule has 3 rings (SSSR count). The molecule has 0 bridgehead atoms. The number of nitro groups is 1. The van der Waals surface area contributed by atoms with Crippen molar-refractivity contribution in [1.82, 2.24) is 0 Å². The van der Waals surface area contributed by atoms with Crippen molar-refractivity contribution in [2.24, 2.45) is 0 Å². The molecule has 136 valence electrons. The van der Waals surface area contributed by atoms with Crippen molar-refractivity contribution in [3.05, 3.63) is 63.0 Å². The van der Waals surface area contributed by atoms with E-state index in [1.54, 1.807) is 0 Å². The number of nitrogens with zero attached hydrogens (tertiary/aromatic N) is 1. The summed E-state index contributed by atoms with van der Waals surface area (Å²) in [6, 6.07) is 6.32. The SMILES string of the molecule is COc1ccc(C(=O)OCc2cc([N+](=O)[O-])cc3c2OCOC3)c(F)c1. The maximum Gasteiger partial charge on any atom is 0.341 e. The van der Waals surface area contributed by atoms with Crippen LogP contribution in [0.25, 0.3) is 0 Å². The molecule has 2 aromatic rings. The third kappa shape index (κ3) is 3.57. The molecule has 0 N–H and O–H groups in total. The van der Waals surface area contributed by atoms with Gasteiger partial charge in [0.2, 0.25) is 0 Å². The zero-order chi connectivity index (χ0) is 18.7. The third-order valence-corrected chi connectivity index (χ3v) is 3.74. The van der Waals surface area contributed by atoms with Gasteiger partial charge < -0.3 is 18.9 Å². The average Bonchev–Trinajstić information content (AvgIpc) is 2.65. The predicted octanol–water partition coefficient (Wildman–Crippen LogP) is 2.97. The van der Waals surface area contributed by atoms with Crippen LogP contribution in [0.1, 0.15) is 21.5 Å². The monoisotopic (exact) mass is 363 g/mol. The molecule has 0 spiro atoms. The standard InChI is InChI=1S/C17H14FNO7/c1-23-13-2-3-14(15(18)6-13)17(20)25-8-11-5-12(19(21)22)4-10-7-24-9-26-16(10)11/h2-6H,7-9H2,1H3. The smallest absolute Gasteiger partial charge is 0.341 e. The van der Waals surface area contributed by atoms with E-state index in [0.717, 1.165) is 6.07 Å². The number of fused-ring (bicyclic) bond motifs is 1. The number of carbonyl (C=O) groups is 1. The van der Waals surface area contributed by atoms with Crippen LogP contribution < -0.4 is 9.47 Å². The number of benzene rings is 2. The first-order chi connectivity index (χ1) is 12.5. The van der Waals surface area contributed by atoms with Gasteiger partial charge in [-0.2, -0.15) is 0 Å². The fraction of sp³-hybridized carbons (Fsp3) is 0.235. The highest BCUT2D eigenvalue weighted by Crippen LogP contribution is 2.33. The van der Waals surface area contributed by atoms with E-state index in [0.29, 0.717) is 16.9 Å². The zero-order valence-corrected chi connectivity index (χ0v) is 13.7. The molecule has 0 atom stereocenters. The van der Waals surface area contributed by atoms with Gasteiger partial charge in [0.1, 0.15) is 23.9 Å². The maximum atomic E-state index is 13.9. The van der Waals surface area contributed by atoms with Gasteiger partial charge in [0.05, 0.1) is 24.2 Å². The lowest BCUT2D eigenvalue weighted by Crippen LogP contribution is -2.15. The van der Waals surface area contributed by atoms with Gasteiger partial charge in [-0.15, -0.1) is 0 Å². The van der Waals surface area contributed by atoms with Crippen LogP contribution in [0.15, 0.2) is 30.3 Å². The molecule has 0 radical (unpaired) electrons. The molecule has 0 amide bonds. The van der Waals surface area contributed by atoms with Gasteiger partial charge in [-0.05, 0) is 12.1 Å². The fourth-order valence-corrected chi connectivity index (χ4v) is 2.50. The summed E-state index contributed by atoms with van der Waals surface area (Å²) in [4.78, 5) is 22.6. The number of nitro benzene ring substituents is 1. The Balaban J connectivity index is 1.82. The molecule has 0 aliphatic carbocycles. The zero-order valence-electron chi connectivity index (χ0n) is 13.7. The van der Waals surface area contributed by atoms with Gasteiger partial charge in [-0.25, -0.2) is 9.18 Å². The van der Waals surface area contributed by atoms with Gasteiger partial charge >= 0.3 is 5.97 Å². The van der Waals surface area contributed by atoms with Gasteiger partial charge in [-0.3, -0.25) is 10.1 Å². The van der Waals surface area contributed by atoms with Crippen LogP contribution >= 0.6 is 0 Å². The van der Waals surface area contributed by atoms with E-state index in [-0.39, 0.29) is 37.0 Å².